The second-order valence-electron chi connectivity index (χ2n) is 7.62. The fraction of sp³-hybridized carbons (Fsp3) is 0.476. The second kappa shape index (κ2) is 9.60. The normalized spacial score (nSPS) is 21.5. The summed E-state index contributed by atoms with van der Waals surface area (Å²) in [5, 5.41) is 3.63. The first-order chi connectivity index (χ1) is 13.7. The van der Waals surface area contributed by atoms with Crippen LogP contribution in [0.4, 0.5) is 5.82 Å². The van der Waals surface area contributed by atoms with E-state index in [9.17, 15) is 4.79 Å². The molecule has 0 bridgehead atoms. The largest absolute Gasteiger partial charge is 0.353 e. The Kier molecular flexibility index (Phi) is 7.15. The van der Waals surface area contributed by atoms with Gasteiger partial charge in [0.1, 0.15) is 0 Å². The van der Waals surface area contributed by atoms with Gasteiger partial charge in [-0.3, -0.25) is 9.79 Å². The molecule has 2 atom stereocenters. The van der Waals surface area contributed by atoms with Crippen LogP contribution in [-0.4, -0.2) is 59.7 Å². The van der Waals surface area contributed by atoms with Gasteiger partial charge in [0.2, 0.25) is 0 Å². The van der Waals surface area contributed by atoms with Gasteiger partial charge in [0, 0.05) is 58.7 Å². The van der Waals surface area contributed by atoms with Crippen molar-refractivity contribution in [1.82, 2.24) is 19.8 Å². The van der Waals surface area contributed by atoms with Crippen LogP contribution in [0, 0.1) is 5.92 Å². The maximum Gasteiger partial charge on any atom is 0.293 e. The Morgan fingerprint density at radius 1 is 1.21 bits per heavy atom. The standard InChI is InChI=1S/C21H28N6O.HI/c1-22-21(24-18-15-17(18)14-16-6-4-3-5-7-16)27-12-10-26(11-13-27)19-20(28)25(2)9-8-23-19;/h3-9,17-18H,10-15H2,1-2H3,(H,22,24);1H. The number of benzene rings is 1. The summed E-state index contributed by atoms with van der Waals surface area (Å²) in [5.41, 5.74) is 1.36. The number of aromatic nitrogens is 2. The fourth-order valence-electron chi connectivity index (χ4n) is 3.86. The summed E-state index contributed by atoms with van der Waals surface area (Å²) in [5.74, 6) is 2.18. The quantitative estimate of drug-likeness (QED) is 0.387. The second-order valence-corrected chi connectivity index (χ2v) is 7.62. The minimum absolute atomic E-state index is 0. The first kappa shape index (κ1) is 21.6. The van der Waals surface area contributed by atoms with Crippen LogP contribution in [0.25, 0.3) is 0 Å². The highest BCUT2D eigenvalue weighted by atomic mass is 127. The zero-order chi connectivity index (χ0) is 19.5. The molecule has 156 valence electrons. The number of hydrogen-bond acceptors (Lipinski definition) is 4. The van der Waals surface area contributed by atoms with Gasteiger partial charge in [-0.05, 0) is 24.3 Å². The highest BCUT2D eigenvalue weighted by Gasteiger charge is 2.38. The van der Waals surface area contributed by atoms with Crippen molar-refractivity contribution in [2.45, 2.75) is 18.9 Å². The highest BCUT2D eigenvalue weighted by Crippen LogP contribution is 2.33. The number of piperazine rings is 1. The average molecular weight is 508 g/mol. The summed E-state index contributed by atoms with van der Waals surface area (Å²) in [4.78, 5) is 25.4. The van der Waals surface area contributed by atoms with Crippen LogP contribution in [0.1, 0.15) is 12.0 Å². The zero-order valence-corrected chi connectivity index (χ0v) is 19.3. The number of rotatable bonds is 4. The van der Waals surface area contributed by atoms with E-state index in [4.69, 9.17) is 0 Å². The van der Waals surface area contributed by atoms with Crippen LogP contribution >= 0.6 is 24.0 Å². The van der Waals surface area contributed by atoms with Crippen LogP contribution in [0.3, 0.4) is 0 Å². The van der Waals surface area contributed by atoms with Gasteiger partial charge in [0.05, 0.1) is 0 Å². The third kappa shape index (κ3) is 5.09. The lowest BCUT2D eigenvalue weighted by molar-refractivity contribution is 0.369. The van der Waals surface area contributed by atoms with Gasteiger partial charge in [-0.15, -0.1) is 24.0 Å². The van der Waals surface area contributed by atoms with Crippen LogP contribution in [0.5, 0.6) is 0 Å². The SMILES string of the molecule is CN=C(NC1CC1Cc1ccccc1)N1CCN(c2nccn(C)c2=O)CC1.I. The molecule has 1 N–H and O–H groups in total. The van der Waals surface area contributed by atoms with Crippen molar-refractivity contribution in [1.29, 1.82) is 0 Å². The van der Waals surface area contributed by atoms with E-state index in [0.717, 1.165) is 38.6 Å². The molecule has 2 aromatic rings. The lowest BCUT2D eigenvalue weighted by Gasteiger charge is -2.36. The predicted molar refractivity (Wildman–Crippen MR) is 127 cm³/mol. The van der Waals surface area contributed by atoms with Crippen molar-refractivity contribution in [3.63, 3.8) is 0 Å². The molecule has 1 aliphatic carbocycles. The van der Waals surface area contributed by atoms with Crippen molar-refractivity contribution in [2.75, 3.05) is 38.1 Å². The van der Waals surface area contributed by atoms with E-state index in [1.165, 1.54) is 12.0 Å². The van der Waals surface area contributed by atoms with Gasteiger partial charge in [-0.2, -0.15) is 0 Å². The molecule has 1 aromatic heterocycles. The molecule has 2 fully saturated rings. The number of aliphatic imine (C=N–C) groups is 1. The molecule has 0 radical (unpaired) electrons. The number of nitrogens with zero attached hydrogens (tertiary/aromatic N) is 5. The predicted octanol–water partition coefficient (Wildman–Crippen LogP) is 1.73. The summed E-state index contributed by atoms with van der Waals surface area (Å²) in [6, 6.07) is 11.2. The Balaban J connectivity index is 0.00000240. The average Bonchev–Trinajstić information content (AvgIpc) is 3.46. The number of hydrogen-bond donors (Lipinski definition) is 1. The number of anilines is 1. The monoisotopic (exact) mass is 508 g/mol. The third-order valence-corrected chi connectivity index (χ3v) is 5.67. The molecule has 4 rings (SSSR count). The van der Waals surface area contributed by atoms with Crippen molar-refractivity contribution in [3.05, 3.63) is 58.6 Å². The van der Waals surface area contributed by atoms with Gasteiger partial charge in [0.25, 0.3) is 5.56 Å². The molecular weight excluding hydrogens is 479 g/mol. The van der Waals surface area contributed by atoms with E-state index in [1.807, 2.05) is 7.05 Å². The Labute approximate surface area is 188 Å². The van der Waals surface area contributed by atoms with Crippen LogP contribution in [0.15, 0.2) is 52.5 Å². The number of aryl methyl sites for hydroxylation is 1. The maximum atomic E-state index is 12.3. The Morgan fingerprint density at radius 3 is 2.62 bits per heavy atom. The minimum atomic E-state index is -0.0415. The summed E-state index contributed by atoms with van der Waals surface area (Å²) in [6.07, 6.45) is 5.68. The molecule has 1 aliphatic heterocycles. The van der Waals surface area contributed by atoms with Crippen molar-refractivity contribution in [3.8, 4) is 0 Å². The Hall–Kier alpha value is -2.10. The van der Waals surface area contributed by atoms with E-state index in [2.05, 4.69) is 55.4 Å². The smallest absolute Gasteiger partial charge is 0.293 e. The number of halogens is 1. The summed E-state index contributed by atoms with van der Waals surface area (Å²) < 4.78 is 1.58. The molecule has 1 saturated carbocycles. The lowest BCUT2D eigenvalue weighted by atomic mass is 10.1. The van der Waals surface area contributed by atoms with Crippen molar-refractivity contribution < 1.29 is 0 Å². The lowest BCUT2D eigenvalue weighted by Crippen LogP contribution is -2.54. The molecule has 0 spiro atoms. The van der Waals surface area contributed by atoms with Gasteiger partial charge in [-0.25, -0.2) is 4.98 Å². The molecule has 2 aliphatic rings. The summed E-state index contributed by atoms with van der Waals surface area (Å²) in [7, 11) is 3.61. The first-order valence-electron chi connectivity index (χ1n) is 9.94. The molecule has 7 nitrogen and oxygen atoms in total. The summed E-state index contributed by atoms with van der Waals surface area (Å²) in [6.45, 7) is 3.20. The zero-order valence-electron chi connectivity index (χ0n) is 17.0. The number of nitrogens with one attached hydrogen (secondary N) is 1. The van der Waals surface area contributed by atoms with Gasteiger partial charge < -0.3 is 19.7 Å². The molecule has 1 aromatic carbocycles. The van der Waals surface area contributed by atoms with Crippen LogP contribution in [-0.2, 0) is 13.5 Å². The van der Waals surface area contributed by atoms with Crippen LogP contribution < -0.4 is 15.8 Å². The molecule has 1 saturated heterocycles. The van der Waals surface area contributed by atoms with E-state index < -0.39 is 0 Å². The Morgan fingerprint density at radius 2 is 1.93 bits per heavy atom. The highest BCUT2D eigenvalue weighted by molar-refractivity contribution is 14.0. The van der Waals surface area contributed by atoms with E-state index in [1.54, 1.807) is 24.0 Å². The van der Waals surface area contributed by atoms with E-state index in [0.29, 0.717) is 17.8 Å². The Bertz CT molecular complexity index is 892. The molecule has 2 unspecified atom stereocenters. The topological polar surface area (TPSA) is 65.8 Å². The first-order valence-corrected chi connectivity index (χ1v) is 9.94. The van der Waals surface area contributed by atoms with Gasteiger partial charge >= 0.3 is 0 Å². The molecular formula is C21H29IN6O. The van der Waals surface area contributed by atoms with Gasteiger partial charge in [0.15, 0.2) is 11.8 Å². The van der Waals surface area contributed by atoms with Gasteiger partial charge in [-0.1, -0.05) is 30.3 Å². The van der Waals surface area contributed by atoms with E-state index >= 15 is 0 Å². The molecule has 0 amide bonds. The van der Waals surface area contributed by atoms with Crippen molar-refractivity contribution >= 4 is 35.8 Å². The molecule has 8 heteroatoms. The minimum Gasteiger partial charge on any atom is -0.353 e. The van der Waals surface area contributed by atoms with Crippen molar-refractivity contribution in [2.24, 2.45) is 18.0 Å². The fourth-order valence-corrected chi connectivity index (χ4v) is 3.86. The summed E-state index contributed by atoms with van der Waals surface area (Å²) >= 11 is 0. The van der Waals surface area contributed by atoms with Crippen LogP contribution in [0.2, 0.25) is 0 Å². The maximum absolute atomic E-state index is 12.3. The van der Waals surface area contributed by atoms with E-state index in [-0.39, 0.29) is 29.5 Å². The molecule has 29 heavy (non-hydrogen) atoms. The molecule has 2 heterocycles. The number of guanidine groups is 1. The third-order valence-electron chi connectivity index (χ3n) is 5.67.